The Bertz CT molecular complexity index is 545. The van der Waals surface area contributed by atoms with E-state index in [2.05, 4.69) is 59.1 Å². The SMILES string of the molecule is CCc1cccc(CC)c1NC(N)=NCCCCN1CCN(CC)CC1.I. The second-order valence-corrected chi connectivity index (χ2v) is 7.03. The van der Waals surface area contributed by atoms with Crippen molar-refractivity contribution in [3.8, 4) is 0 Å². The number of hydrogen-bond acceptors (Lipinski definition) is 3. The first-order chi connectivity index (χ1) is 12.7. The fourth-order valence-corrected chi connectivity index (χ4v) is 3.55. The summed E-state index contributed by atoms with van der Waals surface area (Å²) in [6.07, 6.45) is 4.27. The van der Waals surface area contributed by atoms with Gasteiger partial charge in [0, 0.05) is 38.4 Å². The number of hydrogen-bond donors (Lipinski definition) is 2. The minimum Gasteiger partial charge on any atom is -0.370 e. The molecule has 0 aromatic heterocycles. The third-order valence-corrected chi connectivity index (χ3v) is 5.33. The van der Waals surface area contributed by atoms with E-state index in [1.165, 1.54) is 56.8 Å². The van der Waals surface area contributed by atoms with Crippen molar-refractivity contribution in [1.82, 2.24) is 9.80 Å². The van der Waals surface area contributed by atoms with Crippen LogP contribution >= 0.6 is 24.0 Å². The maximum absolute atomic E-state index is 6.13. The fourth-order valence-electron chi connectivity index (χ4n) is 3.55. The number of anilines is 1. The zero-order valence-corrected chi connectivity index (χ0v) is 19.7. The molecule has 6 heteroatoms. The lowest BCUT2D eigenvalue weighted by molar-refractivity contribution is 0.136. The zero-order valence-electron chi connectivity index (χ0n) is 17.3. The van der Waals surface area contributed by atoms with Crippen LogP contribution in [0.3, 0.4) is 0 Å². The number of nitrogens with zero attached hydrogens (tertiary/aromatic N) is 3. The molecule has 0 unspecified atom stereocenters. The Hall–Kier alpha value is -0.860. The number of rotatable bonds is 9. The Kier molecular flexibility index (Phi) is 11.9. The summed E-state index contributed by atoms with van der Waals surface area (Å²) in [7, 11) is 0. The number of aryl methyl sites for hydroxylation is 2. The number of nitrogens with one attached hydrogen (secondary N) is 1. The topological polar surface area (TPSA) is 56.9 Å². The molecule has 154 valence electrons. The number of halogens is 1. The molecule has 0 amide bonds. The van der Waals surface area contributed by atoms with Crippen molar-refractivity contribution >= 4 is 35.6 Å². The third kappa shape index (κ3) is 7.95. The third-order valence-electron chi connectivity index (χ3n) is 5.33. The van der Waals surface area contributed by atoms with E-state index in [9.17, 15) is 0 Å². The molecule has 0 aliphatic carbocycles. The zero-order chi connectivity index (χ0) is 18.8. The summed E-state index contributed by atoms with van der Waals surface area (Å²) in [5, 5.41) is 3.34. The summed E-state index contributed by atoms with van der Waals surface area (Å²) >= 11 is 0. The number of guanidine groups is 1. The minimum atomic E-state index is 0. The average Bonchev–Trinajstić information content (AvgIpc) is 2.68. The van der Waals surface area contributed by atoms with Crippen molar-refractivity contribution in [1.29, 1.82) is 0 Å². The van der Waals surface area contributed by atoms with E-state index in [0.717, 1.165) is 31.5 Å². The van der Waals surface area contributed by atoms with Crippen LogP contribution in [0.15, 0.2) is 23.2 Å². The second kappa shape index (κ2) is 13.3. The quantitative estimate of drug-likeness (QED) is 0.242. The molecular weight excluding hydrogens is 449 g/mol. The van der Waals surface area contributed by atoms with E-state index >= 15 is 0 Å². The molecule has 1 saturated heterocycles. The minimum absolute atomic E-state index is 0. The van der Waals surface area contributed by atoms with Crippen LogP contribution in [-0.2, 0) is 12.8 Å². The molecule has 1 heterocycles. The summed E-state index contributed by atoms with van der Waals surface area (Å²) in [6.45, 7) is 14.6. The van der Waals surface area contributed by atoms with E-state index in [1.807, 2.05) is 0 Å². The standard InChI is InChI=1S/C21H37N5.HI/c1-4-18-10-9-11-19(5-2)20(18)24-21(22)23-12-7-8-13-26-16-14-25(6-3)15-17-26;/h9-11H,4-8,12-17H2,1-3H3,(H3,22,23,24);1H. The molecule has 0 bridgehead atoms. The predicted octanol–water partition coefficient (Wildman–Crippen LogP) is 3.57. The number of piperazine rings is 1. The van der Waals surface area contributed by atoms with Crippen LogP contribution in [0.5, 0.6) is 0 Å². The largest absolute Gasteiger partial charge is 0.370 e. The normalized spacial score (nSPS) is 16.2. The van der Waals surface area contributed by atoms with Gasteiger partial charge >= 0.3 is 0 Å². The predicted molar refractivity (Wildman–Crippen MR) is 129 cm³/mol. The smallest absolute Gasteiger partial charge is 0.193 e. The molecule has 1 aliphatic heterocycles. The van der Waals surface area contributed by atoms with Gasteiger partial charge < -0.3 is 20.9 Å². The van der Waals surface area contributed by atoms with E-state index in [-0.39, 0.29) is 24.0 Å². The van der Waals surface area contributed by atoms with Gasteiger partial charge in [-0.25, -0.2) is 0 Å². The highest BCUT2D eigenvalue weighted by atomic mass is 127. The van der Waals surface area contributed by atoms with Crippen molar-refractivity contribution < 1.29 is 0 Å². The summed E-state index contributed by atoms with van der Waals surface area (Å²) in [4.78, 5) is 9.63. The van der Waals surface area contributed by atoms with E-state index < -0.39 is 0 Å². The van der Waals surface area contributed by atoms with Crippen molar-refractivity contribution in [3.63, 3.8) is 0 Å². The molecular formula is C21H38IN5. The maximum atomic E-state index is 6.13. The van der Waals surface area contributed by atoms with Crippen LogP contribution in [0.2, 0.25) is 0 Å². The van der Waals surface area contributed by atoms with Gasteiger partial charge in [0.15, 0.2) is 5.96 Å². The molecule has 5 nitrogen and oxygen atoms in total. The van der Waals surface area contributed by atoms with Crippen LogP contribution < -0.4 is 11.1 Å². The van der Waals surface area contributed by atoms with Gasteiger partial charge in [0.25, 0.3) is 0 Å². The molecule has 3 N–H and O–H groups in total. The monoisotopic (exact) mass is 487 g/mol. The van der Waals surface area contributed by atoms with Crippen LogP contribution in [-0.4, -0.2) is 61.6 Å². The highest BCUT2D eigenvalue weighted by molar-refractivity contribution is 14.0. The lowest BCUT2D eigenvalue weighted by atomic mass is 10.0. The number of likely N-dealkylation sites (N-methyl/N-ethyl adjacent to an activating group) is 1. The van der Waals surface area contributed by atoms with E-state index in [0.29, 0.717) is 5.96 Å². The van der Waals surface area contributed by atoms with Crippen molar-refractivity contribution in [2.75, 3.05) is 51.1 Å². The van der Waals surface area contributed by atoms with Gasteiger partial charge in [-0.3, -0.25) is 4.99 Å². The van der Waals surface area contributed by atoms with Crippen molar-refractivity contribution in [3.05, 3.63) is 29.3 Å². The Morgan fingerprint density at radius 3 is 2.15 bits per heavy atom. The van der Waals surface area contributed by atoms with Gasteiger partial charge in [-0.05, 0) is 49.9 Å². The Labute approximate surface area is 182 Å². The summed E-state index contributed by atoms with van der Waals surface area (Å²) in [6, 6.07) is 6.44. The number of benzene rings is 1. The van der Waals surface area contributed by atoms with Gasteiger partial charge in [-0.1, -0.05) is 39.0 Å². The summed E-state index contributed by atoms with van der Waals surface area (Å²) in [5.41, 5.74) is 9.88. The van der Waals surface area contributed by atoms with Gasteiger partial charge in [0.2, 0.25) is 0 Å². The summed E-state index contributed by atoms with van der Waals surface area (Å²) in [5.74, 6) is 0.539. The first-order valence-corrected chi connectivity index (χ1v) is 10.3. The maximum Gasteiger partial charge on any atom is 0.193 e. The van der Waals surface area contributed by atoms with Crippen LogP contribution in [0.4, 0.5) is 5.69 Å². The molecule has 1 aromatic carbocycles. The number of nitrogens with two attached hydrogens (primary N) is 1. The molecule has 0 saturated carbocycles. The molecule has 27 heavy (non-hydrogen) atoms. The highest BCUT2D eigenvalue weighted by Gasteiger charge is 2.14. The lowest BCUT2D eigenvalue weighted by Crippen LogP contribution is -2.46. The number of unbranched alkanes of at least 4 members (excludes halogenated alkanes) is 1. The first-order valence-electron chi connectivity index (χ1n) is 10.3. The van der Waals surface area contributed by atoms with E-state index in [1.54, 1.807) is 0 Å². The molecule has 1 aromatic rings. The Balaban J connectivity index is 0.00000364. The average molecular weight is 487 g/mol. The summed E-state index contributed by atoms with van der Waals surface area (Å²) < 4.78 is 0. The van der Waals surface area contributed by atoms with Crippen molar-refractivity contribution in [2.24, 2.45) is 10.7 Å². The molecule has 0 atom stereocenters. The van der Waals surface area contributed by atoms with Crippen LogP contribution in [0.25, 0.3) is 0 Å². The number of aliphatic imine (C=N–C) groups is 1. The van der Waals surface area contributed by atoms with Crippen LogP contribution in [0.1, 0.15) is 44.7 Å². The van der Waals surface area contributed by atoms with Crippen molar-refractivity contribution in [2.45, 2.75) is 46.5 Å². The molecule has 1 aliphatic rings. The molecule has 0 spiro atoms. The van der Waals surface area contributed by atoms with Crippen LogP contribution in [0, 0.1) is 0 Å². The van der Waals surface area contributed by atoms with E-state index in [4.69, 9.17) is 5.73 Å². The molecule has 1 fully saturated rings. The van der Waals surface area contributed by atoms with Gasteiger partial charge in [-0.2, -0.15) is 0 Å². The molecule has 2 rings (SSSR count). The van der Waals surface area contributed by atoms with Gasteiger partial charge in [0.05, 0.1) is 0 Å². The number of para-hydroxylation sites is 1. The lowest BCUT2D eigenvalue weighted by Gasteiger charge is -2.33. The van der Waals surface area contributed by atoms with Gasteiger partial charge in [-0.15, -0.1) is 24.0 Å². The second-order valence-electron chi connectivity index (χ2n) is 7.03. The molecule has 0 radical (unpaired) electrons. The van der Waals surface area contributed by atoms with Gasteiger partial charge in [0.1, 0.15) is 0 Å². The fraction of sp³-hybridized carbons (Fsp3) is 0.667. The Morgan fingerprint density at radius 1 is 1.00 bits per heavy atom. The first kappa shape index (κ1) is 24.2. The Morgan fingerprint density at radius 2 is 1.59 bits per heavy atom. The highest BCUT2D eigenvalue weighted by Crippen LogP contribution is 2.22.